The number of aliphatic carboxylic acids is 1. The van der Waals surface area contributed by atoms with Crippen molar-refractivity contribution in [3.05, 3.63) is 36.0 Å². The number of carboxylic acid groups (broad SMARTS) is 1. The summed E-state index contributed by atoms with van der Waals surface area (Å²) in [6.07, 6.45) is 1.49. The number of carbonyl (C=O) groups is 1. The summed E-state index contributed by atoms with van der Waals surface area (Å²) in [5.41, 5.74) is 1.44. The van der Waals surface area contributed by atoms with Gasteiger partial charge in [0.15, 0.2) is 0 Å². The van der Waals surface area contributed by atoms with Crippen molar-refractivity contribution in [2.75, 3.05) is 7.11 Å². The number of ether oxygens (including phenoxy) is 1. The van der Waals surface area contributed by atoms with E-state index < -0.39 is 5.97 Å². The van der Waals surface area contributed by atoms with Crippen LogP contribution in [0.2, 0.25) is 0 Å². The van der Waals surface area contributed by atoms with Crippen LogP contribution in [-0.4, -0.2) is 23.2 Å². The van der Waals surface area contributed by atoms with Gasteiger partial charge in [0.1, 0.15) is 5.75 Å². The number of hydrogen-bond acceptors (Lipinski definition) is 3. The van der Waals surface area contributed by atoms with Crippen LogP contribution in [-0.2, 0) is 11.2 Å². The van der Waals surface area contributed by atoms with Crippen LogP contribution in [0.3, 0.4) is 0 Å². The number of methoxy groups -OCH3 is 1. The largest absolute Gasteiger partial charge is 0.495 e. The molecule has 0 atom stereocenters. The van der Waals surface area contributed by atoms with Gasteiger partial charge in [0.25, 0.3) is 0 Å². The maximum absolute atomic E-state index is 10.8. The van der Waals surface area contributed by atoms with E-state index in [2.05, 4.69) is 4.98 Å². The second kappa shape index (κ2) is 4.18. The number of hydrogen-bond donors (Lipinski definition) is 1. The predicted octanol–water partition coefficient (Wildman–Crippen LogP) is 1.87. The molecule has 0 spiro atoms. The van der Waals surface area contributed by atoms with Crippen LogP contribution in [0, 0.1) is 0 Å². The summed E-state index contributed by atoms with van der Waals surface area (Å²) in [5.74, 6) is -0.365. The third-order valence-corrected chi connectivity index (χ3v) is 2.40. The third-order valence-electron chi connectivity index (χ3n) is 2.40. The first-order valence-corrected chi connectivity index (χ1v) is 4.85. The van der Waals surface area contributed by atoms with Crippen LogP contribution in [0.25, 0.3) is 10.9 Å². The lowest BCUT2D eigenvalue weighted by atomic mass is 10.1. The Morgan fingerprint density at radius 1 is 1.44 bits per heavy atom. The van der Waals surface area contributed by atoms with E-state index >= 15 is 0 Å². The highest BCUT2D eigenvalue weighted by Gasteiger charge is 2.12. The number of benzene rings is 1. The molecule has 0 aliphatic carbocycles. The zero-order valence-electron chi connectivity index (χ0n) is 8.80. The zero-order chi connectivity index (χ0) is 11.5. The minimum Gasteiger partial charge on any atom is -0.495 e. The normalized spacial score (nSPS) is 10.3. The lowest BCUT2D eigenvalue weighted by molar-refractivity contribution is -0.136. The Morgan fingerprint density at radius 2 is 2.19 bits per heavy atom. The molecule has 16 heavy (non-hydrogen) atoms. The van der Waals surface area contributed by atoms with Crippen molar-refractivity contribution in [3.8, 4) is 5.75 Å². The Kier molecular flexibility index (Phi) is 2.72. The number of para-hydroxylation sites is 1. The minimum atomic E-state index is -0.880. The highest BCUT2D eigenvalue weighted by Crippen LogP contribution is 2.26. The van der Waals surface area contributed by atoms with Gasteiger partial charge in [-0.05, 0) is 6.07 Å². The first-order chi connectivity index (χ1) is 7.72. The molecule has 4 heteroatoms. The molecule has 0 saturated heterocycles. The minimum absolute atomic E-state index is 0.0633. The van der Waals surface area contributed by atoms with Crippen LogP contribution in [0.1, 0.15) is 5.56 Å². The molecule has 1 aromatic heterocycles. The zero-order valence-corrected chi connectivity index (χ0v) is 8.80. The Hall–Kier alpha value is -2.10. The Balaban J connectivity index is 2.67. The maximum atomic E-state index is 10.8. The number of pyridine rings is 1. The lowest BCUT2D eigenvalue weighted by Gasteiger charge is -2.09. The van der Waals surface area contributed by atoms with Crippen LogP contribution >= 0.6 is 0 Å². The standard InChI is InChI=1S/C12H11NO3/c1-16-11-7-13-10-5-3-2-4-8(10)9(11)6-12(14)15/h2-5,7H,6H2,1H3,(H,14,15). The second-order valence-corrected chi connectivity index (χ2v) is 3.39. The molecular weight excluding hydrogens is 206 g/mol. The lowest BCUT2D eigenvalue weighted by Crippen LogP contribution is -2.03. The summed E-state index contributed by atoms with van der Waals surface area (Å²) in [6, 6.07) is 7.42. The van der Waals surface area contributed by atoms with E-state index in [1.54, 1.807) is 6.20 Å². The summed E-state index contributed by atoms with van der Waals surface area (Å²) in [5, 5.41) is 9.69. The molecular formula is C12H11NO3. The number of fused-ring (bicyclic) bond motifs is 1. The summed E-state index contributed by atoms with van der Waals surface area (Å²) in [4.78, 5) is 15.0. The van der Waals surface area contributed by atoms with E-state index in [1.807, 2.05) is 24.3 Å². The van der Waals surface area contributed by atoms with E-state index in [4.69, 9.17) is 9.84 Å². The van der Waals surface area contributed by atoms with Crippen LogP contribution < -0.4 is 4.74 Å². The van der Waals surface area contributed by atoms with Crippen molar-refractivity contribution in [3.63, 3.8) is 0 Å². The Labute approximate surface area is 92.5 Å². The number of nitrogens with zero attached hydrogens (tertiary/aromatic N) is 1. The maximum Gasteiger partial charge on any atom is 0.307 e. The van der Waals surface area contributed by atoms with Gasteiger partial charge in [-0.25, -0.2) is 0 Å². The molecule has 0 unspecified atom stereocenters. The molecule has 0 saturated carbocycles. The molecule has 1 aromatic carbocycles. The van der Waals surface area contributed by atoms with Gasteiger partial charge in [0.2, 0.25) is 0 Å². The van der Waals surface area contributed by atoms with Gasteiger partial charge < -0.3 is 9.84 Å². The van der Waals surface area contributed by atoms with Gasteiger partial charge in [-0.2, -0.15) is 0 Å². The monoisotopic (exact) mass is 217 g/mol. The van der Waals surface area contributed by atoms with Gasteiger partial charge in [0, 0.05) is 10.9 Å². The number of rotatable bonds is 3. The van der Waals surface area contributed by atoms with E-state index in [-0.39, 0.29) is 6.42 Å². The summed E-state index contributed by atoms with van der Waals surface area (Å²) >= 11 is 0. The molecule has 0 fully saturated rings. The van der Waals surface area contributed by atoms with E-state index in [9.17, 15) is 4.79 Å². The van der Waals surface area contributed by atoms with E-state index in [0.29, 0.717) is 11.3 Å². The number of carboxylic acids is 1. The van der Waals surface area contributed by atoms with Gasteiger partial charge in [-0.1, -0.05) is 18.2 Å². The first kappa shape index (κ1) is 10.4. The molecule has 2 rings (SSSR count). The number of aromatic nitrogens is 1. The summed E-state index contributed by atoms with van der Waals surface area (Å²) < 4.78 is 5.13. The van der Waals surface area contributed by atoms with Crippen molar-refractivity contribution >= 4 is 16.9 Å². The highest BCUT2D eigenvalue weighted by atomic mass is 16.5. The fourth-order valence-corrected chi connectivity index (χ4v) is 1.69. The van der Waals surface area contributed by atoms with Crippen molar-refractivity contribution < 1.29 is 14.6 Å². The highest BCUT2D eigenvalue weighted by molar-refractivity contribution is 5.87. The van der Waals surface area contributed by atoms with Crippen molar-refractivity contribution in [1.82, 2.24) is 4.98 Å². The van der Waals surface area contributed by atoms with Crippen LogP contribution in [0.15, 0.2) is 30.5 Å². The third kappa shape index (κ3) is 1.82. The molecule has 2 aromatic rings. The molecule has 1 heterocycles. The van der Waals surface area contributed by atoms with Crippen molar-refractivity contribution in [2.24, 2.45) is 0 Å². The molecule has 1 N–H and O–H groups in total. The van der Waals surface area contributed by atoms with E-state index in [0.717, 1.165) is 10.9 Å². The molecule has 82 valence electrons. The summed E-state index contributed by atoms with van der Waals surface area (Å²) in [7, 11) is 1.51. The molecule has 0 amide bonds. The van der Waals surface area contributed by atoms with Gasteiger partial charge in [-0.3, -0.25) is 9.78 Å². The average Bonchev–Trinajstić information content (AvgIpc) is 2.29. The van der Waals surface area contributed by atoms with Crippen LogP contribution in [0.4, 0.5) is 0 Å². The molecule has 0 aliphatic heterocycles. The van der Waals surface area contributed by atoms with Crippen LogP contribution in [0.5, 0.6) is 5.75 Å². The van der Waals surface area contributed by atoms with Crippen molar-refractivity contribution in [1.29, 1.82) is 0 Å². The fraction of sp³-hybridized carbons (Fsp3) is 0.167. The fourth-order valence-electron chi connectivity index (χ4n) is 1.69. The van der Waals surface area contributed by atoms with Gasteiger partial charge >= 0.3 is 5.97 Å². The molecule has 0 bridgehead atoms. The smallest absolute Gasteiger partial charge is 0.307 e. The van der Waals surface area contributed by atoms with Crippen molar-refractivity contribution in [2.45, 2.75) is 6.42 Å². The average molecular weight is 217 g/mol. The summed E-state index contributed by atoms with van der Waals surface area (Å²) in [6.45, 7) is 0. The second-order valence-electron chi connectivity index (χ2n) is 3.39. The molecule has 0 radical (unpaired) electrons. The topological polar surface area (TPSA) is 59.4 Å². The van der Waals surface area contributed by atoms with Gasteiger partial charge in [0.05, 0.1) is 25.2 Å². The first-order valence-electron chi connectivity index (χ1n) is 4.85. The Morgan fingerprint density at radius 3 is 2.88 bits per heavy atom. The Bertz CT molecular complexity index is 537. The molecule has 4 nitrogen and oxygen atoms in total. The molecule has 0 aliphatic rings. The van der Waals surface area contributed by atoms with Gasteiger partial charge in [-0.15, -0.1) is 0 Å². The van der Waals surface area contributed by atoms with E-state index in [1.165, 1.54) is 7.11 Å². The predicted molar refractivity (Wildman–Crippen MR) is 59.6 cm³/mol. The SMILES string of the molecule is COc1cnc2ccccc2c1CC(=O)O. The quantitative estimate of drug-likeness (QED) is 0.852.